The van der Waals surface area contributed by atoms with E-state index in [1.54, 1.807) is 7.05 Å². The van der Waals surface area contributed by atoms with E-state index in [4.69, 9.17) is 9.47 Å². The molecule has 0 unspecified atom stereocenters. The summed E-state index contributed by atoms with van der Waals surface area (Å²) in [6.07, 6.45) is -2.78. The van der Waals surface area contributed by atoms with Crippen molar-refractivity contribution in [3.05, 3.63) is 17.4 Å². The van der Waals surface area contributed by atoms with Crippen molar-refractivity contribution in [2.24, 2.45) is 5.92 Å². The van der Waals surface area contributed by atoms with Crippen LogP contribution in [0.4, 0.5) is 17.6 Å². The number of carbonyl (C=O) groups excluding carboxylic acids is 1. The summed E-state index contributed by atoms with van der Waals surface area (Å²) in [6.45, 7) is 0.905. The molecule has 2 heterocycles. The van der Waals surface area contributed by atoms with Crippen molar-refractivity contribution in [2.45, 2.75) is 63.4 Å². The van der Waals surface area contributed by atoms with Crippen molar-refractivity contribution >= 4 is 5.91 Å². The molecule has 168 valence electrons. The number of methoxy groups -OCH3 is 1. The minimum Gasteiger partial charge on any atom is -0.481 e. The predicted octanol–water partition coefficient (Wildman–Crippen LogP) is 3.44. The van der Waals surface area contributed by atoms with Gasteiger partial charge in [0.15, 0.2) is 5.82 Å². The fraction of sp³-hybridized carbons (Fsp3) is 0.700. The maximum absolute atomic E-state index is 14.6. The largest absolute Gasteiger partial charge is 0.481 e. The summed E-state index contributed by atoms with van der Waals surface area (Å²) >= 11 is 0. The van der Waals surface area contributed by atoms with E-state index in [-0.39, 0.29) is 55.9 Å². The van der Waals surface area contributed by atoms with Gasteiger partial charge in [0.2, 0.25) is 11.8 Å². The van der Waals surface area contributed by atoms with Gasteiger partial charge in [0.1, 0.15) is 6.10 Å². The average Bonchev–Trinajstić information content (AvgIpc) is 3.23. The average molecular weight is 433 g/mol. The van der Waals surface area contributed by atoms with Crippen LogP contribution in [0.25, 0.3) is 0 Å². The molecule has 0 radical (unpaired) electrons. The van der Waals surface area contributed by atoms with Gasteiger partial charge in [-0.05, 0) is 51.1 Å². The van der Waals surface area contributed by atoms with Gasteiger partial charge in [-0.25, -0.2) is 4.39 Å². The Morgan fingerprint density at radius 3 is 2.50 bits per heavy atom. The van der Waals surface area contributed by atoms with E-state index in [1.165, 1.54) is 18.1 Å². The maximum atomic E-state index is 14.6. The first-order chi connectivity index (χ1) is 14.2. The predicted molar refractivity (Wildman–Crippen MR) is 101 cm³/mol. The molecule has 1 N–H and O–H groups in total. The fourth-order valence-corrected chi connectivity index (χ4v) is 4.03. The van der Waals surface area contributed by atoms with E-state index < -0.39 is 24.0 Å². The number of nitrogens with zero attached hydrogens (tertiary/aromatic N) is 2. The van der Waals surface area contributed by atoms with Crippen molar-refractivity contribution in [1.82, 2.24) is 15.2 Å². The second-order valence-corrected chi connectivity index (χ2v) is 7.92. The lowest BCUT2D eigenvalue weighted by atomic mass is 9.87. The van der Waals surface area contributed by atoms with Gasteiger partial charge in [0.05, 0.1) is 25.6 Å². The summed E-state index contributed by atoms with van der Waals surface area (Å²) in [5.41, 5.74) is 0.386. The number of hydrogen-bond acceptors (Lipinski definition) is 5. The zero-order valence-electron chi connectivity index (χ0n) is 17.1. The van der Waals surface area contributed by atoms with Crippen LogP contribution in [-0.2, 0) is 11.3 Å². The lowest BCUT2D eigenvalue weighted by Crippen LogP contribution is -2.41. The number of ether oxygens (including phenoxy) is 2. The first kappa shape index (κ1) is 22.6. The van der Waals surface area contributed by atoms with Gasteiger partial charge in [0.25, 0.3) is 5.88 Å². The maximum Gasteiger partial charge on any atom is 0.391 e. The summed E-state index contributed by atoms with van der Waals surface area (Å²) in [6, 6.07) is 0.960. The molecule has 0 bridgehead atoms. The van der Waals surface area contributed by atoms with E-state index in [1.807, 2.05) is 0 Å². The normalized spacial score (nSPS) is 24.5. The van der Waals surface area contributed by atoms with Crippen LogP contribution < -0.4 is 14.8 Å². The Hall–Kier alpha value is -2.10. The molecular formula is C20H27F4N3O3. The SMILES string of the molecule is COc1nc(O[C@H]2CC[C@H](C(F)(F)F)CC2)c(F)cc1CN(C)C(=O)[C@@H]1CCCN1. The summed E-state index contributed by atoms with van der Waals surface area (Å²) in [5, 5.41) is 3.13. The molecule has 0 spiro atoms. The topological polar surface area (TPSA) is 63.7 Å². The molecule has 1 aromatic heterocycles. The third-order valence-corrected chi connectivity index (χ3v) is 5.73. The molecule has 10 heteroatoms. The van der Waals surface area contributed by atoms with Crippen LogP contribution in [-0.4, -0.2) is 54.8 Å². The number of rotatable bonds is 6. The minimum absolute atomic E-state index is 0.0485. The van der Waals surface area contributed by atoms with Crippen LogP contribution in [0.3, 0.4) is 0 Å². The van der Waals surface area contributed by atoms with Crippen molar-refractivity contribution in [2.75, 3.05) is 20.7 Å². The lowest BCUT2D eigenvalue weighted by Gasteiger charge is -2.30. The van der Waals surface area contributed by atoms with E-state index >= 15 is 0 Å². The zero-order valence-corrected chi connectivity index (χ0v) is 17.1. The second kappa shape index (κ2) is 9.36. The number of halogens is 4. The number of alkyl halides is 3. The Kier molecular flexibility index (Phi) is 7.05. The third-order valence-electron chi connectivity index (χ3n) is 5.73. The van der Waals surface area contributed by atoms with Gasteiger partial charge in [-0.15, -0.1) is 0 Å². The number of amides is 1. The van der Waals surface area contributed by atoms with Crippen LogP contribution in [0, 0.1) is 11.7 Å². The molecule has 30 heavy (non-hydrogen) atoms. The van der Waals surface area contributed by atoms with Crippen LogP contribution in [0.1, 0.15) is 44.1 Å². The second-order valence-electron chi connectivity index (χ2n) is 7.92. The van der Waals surface area contributed by atoms with Crippen LogP contribution in [0.5, 0.6) is 11.8 Å². The summed E-state index contributed by atoms with van der Waals surface area (Å²) in [7, 11) is 3.01. The van der Waals surface area contributed by atoms with Gasteiger partial charge in [-0.2, -0.15) is 18.2 Å². The Labute approximate surface area is 172 Å². The van der Waals surface area contributed by atoms with E-state index in [0.717, 1.165) is 19.4 Å². The molecule has 2 aliphatic rings. The highest BCUT2D eigenvalue weighted by Crippen LogP contribution is 2.38. The number of carbonyl (C=O) groups is 1. The lowest BCUT2D eigenvalue weighted by molar-refractivity contribution is -0.185. The molecule has 1 saturated heterocycles. The molecule has 2 fully saturated rings. The minimum atomic E-state index is -4.21. The monoisotopic (exact) mass is 433 g/mol. The zero-order chi connectivity index (χ0) is 21.9. The van der Waals surface area contributed by atoms with Crippen molar-refractivity contribution in [3.8, 4) is 11.8 Å². The summed E-state index contributed by atoms with van der Waals surface area (Å²) in [5.74, 6) is -2.33. The van der Waals surface area contributed by atoms with Gasteiger partial charge in [0, 0.05) is 12.6 Å². The molecule has 1 saturated carbocycles. The number of likely N-dealkylation sites (N-methyl/N-ethyl adjacent to an activating group) is 1. The molecule has 6 nitrogen and oxygen atoms in total. The molecule has 3 rings (SSSR count). The highest BCUT2D eigenvalue weighted by Gasteiger charge is 2.42. The van der Waals surface area contributed by atoms with Crippen LogP contribution in [0.2, 0.25) is 0 Å². The Morgan fingerprint density at radius 2 is 1.93 bits per heavy atom. The Bertz CT molecular complexity index is 746. The molecule has 1 aliphatic heterocycles. The molecule has 1 aliphatic carbocycles. The molecule has 1 aromatic rings. The van der Waals surface area contributed by atoms with Gasteiger partial charge in [-0.3, -0.25) is 4.79 Å². The third kappa shape index (κ3) is 5.33. The van der Waals surface area contributed by atoms with E-state index in [0.29, 0.717) is 5.56 Å². The van der Waals surface area contributed by atoms with Crippen LogP contribution in [0.15, 0.2) is 6.07 Å². The number of nitrogens with one attached hydrogen (secondary N) is 1. The highest BCUT2D eigenvalue weighted by atomic mass is 19.4. The quantitative estimate of drug-likeness (QED) is 0.697. The van der Waals surface area contributed by atoms with E-state index in [9.17, 15) is 22.4 Å². The number of pyridine rings is 1. The first-order valence-electron chi connectivity index (χ1n) is 10.1. The Morgan fingerprint density at radius 1 is 1.23 bits per heavy atom. The first-order valence-corrected chi connectivity index (χ1v) is 10.1. The van der Waals surface area contributed by atoms with Crippen molar-refractivity contribution < 1.29 is 31.8 Å². The summed E-state index contributed by atoms with van der Waals surface area (Å²) < 4.78 is 63.8. The number of aromatic nitrogens is 1. The summed E-state index contributed by atoms with van der Waals surface area (Å²) in [4.78, 5) is 18.0. The molecule has 1 atom stereocenters. The van der Waals surface area contributed by atoms with Gasteiger partial charge in [-0.1, -0.05) is 0 Å². The molecular weight excluding hydrogens is 406 g/mol. The Balaban J connectivity index is 1.64. The van der Waals surface area contributed by atoms with Gasteiger partial charge >= 0.3 is 6.18 Å². The fourth-order valence-electron chi connectivity index (χ4n) is 4.03. The standard InChI is InChI=1S/C20H27F4N3O3/c1-27(19(28)16-4-3-9-25-16)11-12-10-15(21)18(26-17(12)29-2)30-14-7-5-13(6-8-14)20(22,23)24/h10,13-14,16,25H,3-9,11H2,1-2H3/t13-,14-,16-/m0/s1. The van der Waals surface area contributed by atoms with E-state index in [2.05, 4.69) is 10.3 Å². The van der Waals surface area contributed by atoms with Crippen molar-refractivity contribution in [3.63, 3.8) is 0 Å². The highest BCUT2D eigenvalue weighted by molar-refractivity contribution is 5.82. The smallest absolute Gasteiger partial charge is 0.391 e. The van der Waals surface area contributed by atoms with Crippen LogP contribution >= 0.6 is 0 Å². The molecule has 1 amide bonds. The molecule has 0 aromatic carbocycles. The number of hydrogen-bond donors (Lipinski definition) is 1. The van der Waals surface area contributed by atoms with Gasteiger partial charge < -0.3 is 19.7 Å². The van der Waals surface area contributed by atoms with Crippen molar-refractivity contribution in [1.29, 1.82) is 0 Å².